The molecule has 0 aliphatic carbocycles. The lowest BCUT2D eigenvalue weighted by molar-refractivity contribution is -0.143. The van der Waals surface area contributed by atoms with Crippen LogP contribution in [0.5, 0.6) is 17.2 Å². The molecule has 0 saturated heterocycles. The van der Waals surface area contributed by atoms with Crippen molar-refractivity contribution in [3.63, 3.8) is 0 Å². The Labute approximate surface area is 306 Å². The van der Waals surface area contributed by atoms with E-state index in [9.17, 15) is 4.79 Å². The molecule has 4 heteroatoms. The highest BCUT2D eigenvalue weighted by atomic mass is 16.7. The summed E-state index contributed by atoms with van der Waals surface area (Å²) in [6.45, 7) is 6.23. The number of hydrogen-bond acceptors (Lipinski definition) is 4. The molecular formula is C48H44O4. The Morgan fingerprint density at radius 3 is 1.67 bits per heavy atom. The van der Waals surface area contributed by atoms with Crippen molar-refractivity contribution >= 4 is 27.5 Å². The summed E-state index contributed by atoms with van der Waals surface area (Å²) in [5, 5.41) is 4.30. The van der Waals surface area contributed by atoms with Gasteiger partial charge in [0.05, 0.1) is 0 Å². The summed E-state index contributed by atoms with van der Waals surface area (Å²) < 4.78 is 19.6. The lowest BCUT2D eigenvalue weighted by Crippen LogP contribution is -2.37. The molecule has 0 amide bonds. The minimum Gasteiger partial charge on any atom is -0.453 e. The third-order valence-corrected chi connectivity index (χ3v) is 9.63. The summed E-state index contributed by atoms with van der Waals surface area (Å²) in [7, 11) is 0. The molecule has 8 rings (SSSR count). The van der Waals surface area contributed by atoms with Crippen LogP contribution in [-0.2, 0) is 11.2 Å². The molecule has 1 aliphatic rings. The molecule has 52 heavy (non-hydrogen) atoms. The number of carbonyl (C=O) groups is 1. The standard InChI is InChI=1S/C46H38O4.C2H6/c1-2-3-5-12-31-19-21-32(22-20-31)33-23-27-37(28-24-33)48-45(47)42(36-15-6-4-7-16-36)46-49-40-29-25-34-13-8-10-17-38(34)43(40)44-39-18-11-9-14-35(39)26-30-41(44)50-46;1-2/h4,6-11,13-30,42,46H,2-3,5,12H2,1H3;1-2H3. The number of ether oxygens (including phenoxy) is 3. The Hall–Kier alpha value is -5.87. The van der Waals surface area contributed by atoms with Gasteiger partial charge in [-0.3, -0.25) is 4.79 Å². The van der Waals surface area contributed by atoms with Crippen molar-refractivity contribution < 1.29 is 19.0 Å². The van der Waals surface area contributed by atoms with Crippen molar-refractivity contribution in [3.8, 4) is 39.5 Å². The van der Waals surface area contributed by atoms with Crippen LogP contribution < -0.4 is 14.2 Å². The molecule has 0 fully saturated rings. The van der Waals surface area contributed by atoms with Crippen LogP contribution in [0.25, 0.3) is 43.8 Å². The fraction of sp³-hybridized carbons (Fsp3) is 0.188. The second-order valence-corrected chi connectivity index (χ2v) is 12.9. The first-order valence-corrected chi connectivity index (χ1v) is 18.5. The SMILES string of the molecule is CC.CCCCCc1ccc(-c2ccc(OC(=O)C(c3ccccc3)C3Oc4ccc5ccccc5c4-c4c(ccc5ccccc45)O3)cc2)cc1. The first-order valence-electron chi connectivity index (χ1n) is 18.5. The second-order valence-electron chi connectivity index (χ2n) is 12.9. The number of aryl methyl sites for hydroxylation is 1. The van der Waals surface area contributed by atoms with Gasteiger partial charge in [0.2, 0.25) is 0 Å². The highest BCUT2D eigenvalue weighted by molar-refractivity contribution is 6.10. The van der Waals surface area contributed by atoms with Crippen LogP contribution in [0.15, 0.2) is 152 Å². The van der Waals surface area contributed by atoms with E-state index in [0.29, 0.717) is 17.2 Å². The van der Waals surface area contributed by atoms with Gasteiger partial charge in [0, 0.05) is 11.1 Å². The average Bonchev–Trinajstić information content (AvgIpc) is 3.37. The molecule has 260 valence electrons. The first kappa shape index (κ1) is 34.6. The van der Waals surface area contributed by atoms with Gasteiger partial charge in [0.15, 0.2) is 5.92 Å². The predicted molar refractivity (Wildman–Crippen MR) is 213 cm³/mol. The maximum absolute atomic E-state index is 14.3. The molecule has 0 spiro atoms. The Kier molecular flexibility index (Phi) is 10.6. The van der Waals surface area contributed by atoms with E-state index in [-0.39, 0.29) is 0 Å². The van der Waals surface area contributed by atoms with Crippen LogP contribution in [0.1, 0.15) is 57.1 Å². The monoisotopic (exact) mass is 684 g/mol. The molecule has 7 aromatic carbocycles. The van der Waals surface area contributed by atoms with Gasteiger partial charge in [-0.2, -0.15) is 0 Å². The summed E-state index contributed by atoms with van der Waals surface area (Å²) in [5.74, 6) is 0.420. The number of rotatable bonds is 9. The molecular weight excluding hydrogens is 641 g/mol. The van der Waals surface area contributed by atoms with E-state index < -0.39 is 18.2 Å². The molecule has 1 unspecified atom stereocenters. The molecule has 0 radical (unpaired) electrons. The molecule has 0 aromatic heterocycles. The number of hydrogen-bond donors (Lipinski definition) is 0. The Bertz CT molecular complexity index is 2190. The van der Waals surface area contributed by atoms with Crippen LogP contribution in [0.2, 0.25) is 0 Å². The summed E-state index contributed by atoms with van der Waals surface area (Å²) in [4.78, 5) is 14.3. The number of carbonyl (C=O) groups excluding carboxylic acids is 1. The lowest BCUT2D eigenvalue weighted by Gasteiger charge is -2.26. The van der Waals surface area contributed by atoms with Gasteiger partial charge in [0.25, 0.3) is 6.29 Å². The minimum atomic E-state index is -0.998. The topological polar surface area (TPSA) is 44.8 Å². The normalized spacial score (nSPS) is 12.7. The van der Waals surface area contributed by atoms with Crippen molar-refractivity contribution in [1.82, 2.24) is 0 Å². The van der Waals surface area contributed by atoms with Gasteiger partial charge in [-0.15, -0.1) is 0 Å². The predicted octanol–water partition coefficient (Wildman–Crippen LogP) is 12.6. The van der Waals surface area contributed by atoms with E-state index >= 15 is 0 Å². The molecule has 0 N–H and O–H groups in total. The Morgan fingerprint density at radius 1 is 0.596 bits per heavy atom. The van der Waals surface area contributed by atoms with E-state index in [1.165, 1.54) is 24.8 Å². The highest BCUT2D eigenvalue weighted by Gasteiger charge is 2.39. The maximum atomic E-state index is 14.3. The van der Waals surface area contributed by atoms with Crippen LogP contribution in [0.3, 0.4) is 0 Å². The molecule has 0 bridgehead atoms. The quantitative estimate of drug-likeness (QED) is 0.0862. The van der Waals surface area contributed by atoms with Gasteiger partial charge < -0.3 is 14.2 Å². The van der Waals surface area contributed by atoms with Gasteiger partial charge in [-0.05, 0) is 80.9 Å². The number of benzene rings is 7. The van der Waals surface area contributed by atoms with Gasteiger partial charge in [-0.1, -0.05) is 161 Å². The lowest BCUT2D eigenvalue weighted by atomic mass is 9.92. The van der Waals surface area contributed by atoms with Crippen molar-refractivity contribution in [2.45, 2.75) is 58.7 Å². The zero-order chi connectivity index (χ0) is 35.9. The number of fused-ring (bicyclic) bond motifs is 7. The molecule has 1 atom stereocenters. The Morgan fingerprint density at radius 2 is 1.12 bits per heavy atom. The molecule has 1 heterocycles. The molecule has 0 saturated carbocycles. The van der Waals surface area contributed by atoms with Crippen LogP contribution in [0.4, 0.5) is 0 Å². The van der Waals surface area contributed by atoms with E-state index in [1.54, 1.807) is 0 Å². The molecule has 4 nitrogen and oxygen atoms in total. The molecule has 1 aliphatic heterocycles. The van der Waals surface area contributed by atoms with E-state index in [4.69, 9.17) is 14.2 Å². The summed E-state index contributed by atoms with van der Waals surface area (Å²) in [6.07, 6.45) is 3.79. The van der Waals surface area contributed by atoms with Crippen molar-refractivity contribution in [3.05, 3.63) is 163 Å². The van der Waals surface area contributed by atoms with Crippen molar-refractivity contribution in [2.75, 3.05) is 0 Å². The first-order chi connectivity index (χ1) is 25.7. The third kappa shape index (κ3) is 7.15. The van der Waals surface area contributed by atoms with Crippen LogP contribution >= 0.6 is 0 Å². The van der Waals surface area contributed by atoms with Crippen molar-refractivity contribution in [2.24, 2.45) is 0 Å². The van der Waals surface area contributed by atoms with E-state index in [0.717, 1.165) is 55.8 Å². The summed E-state index contributed by atoms with van der Waals surface area (Å²) >= 11 is 0. The van der Waals surface area contributed by atoms with Crippen LogP contribution in [0, 0.1) is 0 Å². The van der Waals surface area contributed by atoms with Crippen molar-refractivity contribution in [1.29, 1.82) is 0 Å². The van der Waals surface area contributed by atoms with Crippen LogP contribution in [-0.4, -0.2) is 12.3 Å². The summed E-state index contributed by atoms with van der Waals surface area (Å²) in [5.41, 5.74) is 6.18. The molecule has 7 aromatic rings. The third-order valence-electron chi connectivity index (χ3n) is 9.63. The van der Waals surface area contributed by atoms with Gasteiger partial charge >= 0.3 is 5.97 Å². The fourth-order valence-corrected chi connectivity index (χ4v) is 7.03. The number of esters is 1. The minimum absolute atomic E-state index is 0.460. The number of unbranched alkanes of at least 4 members (excludes halogenated alkanes) is 2. The second kappa shape index (κ2) is 16.0. The highest BCUT2D eigenvalue weighted by Crippen LogP contribution is 2.49. The Balaban J connectivity index is 0.00000207. The maximum Gasteiger partial charge on any atom is 0.326 e. The summed E-state index contributed by atoms with van der Waals surface area (Å²) in [6, 6.07) is 50.7. The van der Waals surface area contributed by atoms with E-state index in [1.807, 2.05) is 105 Å². The van der Waals surface area contributed by atoms with E-state index in [2.05, 4.69) is 67.6 Å². The average molecular weight is 685 g/mol. The smallest absolute Gasteiger partial charge is 0.326 e. The zero-order valence-corrected chi connectivity index (χ0v) is 30.0. The fourth-order valence-electron chi connectivity index (χ4n) is 7.03. The largest absolute Gasteiger partial charge is 0.453 e. The van der Waals surface area contributed by atoms with Gasteiger partial charge in [0.1, 0.15) is 17.2 Å². The zero-order valence-electron chi connectivity index (χ0n) is 30.0. The van der Waals surface area contributed by atoms with Gasteiger partial charge in [-0.25, -0.2) is 0 Å².